The number of hydrogen-bond donors (Lipinski definition) is 1. The second-order valence-electron chi connectivity index (χ2n) is 3.84. The highest BCUT2D eigenvalue weighted by Crippen LogP contribution is 2.31. The van der Waals surface area contributed by atoms with Crippen molar-refractivity contribution in [2.24, 2.45) is 5.73 Å². The number of nitrogens with two attached hydrogens (primary N) is 1. The molecule has 2 rings (SSSR count). The van der Waals surface area contributed by atoms with Gasteiger partial charge in [0.1, 0.15) is 5.82 Å². The normalized spacial score (nSPS) is 10.5. The van der Waals surface area contributed by atoms with Crippen LogP contribution < -0.4 is 5.73 Å². The molecule has 0 fully saturated rings. The number of benzene rings is 2. The van der Waals surface area contributed by atoms with Crippen LogP contribution in [0.1, 0.15) is 11.1 Å². The number of rotatable bonds is 3. The average molecular weight is 247 g/mol. The topological polar surface area (TPSA) is 26.0 Å². The van der Waals surface area contributed by atoms with E-state index in [0.717, 1.165) is 9.79 Å². The van der Waals surface area contributed by atoms with Crippen LogP contribution in [-0.2, 0) is 6.54 Å². The third-order valence-electron chi connectivity index (χ3n) is 2.53. The Balaban J connectivity index is 2.29. The molecule has 1 nitrogen and oxygen atoms in total. The minimum absolute atomic E-state index is 0.223. The predicted molar refractivity (Wildman–Crippen MR) is 69.6 cm³/mol. The van der Waals surface area contributed by atoms with E-state index < -0.39 is 0 Å². The van der Waals surface area contributed by atoms with Crippen molar-refractivity contribution in [3.63, 3.8) is 0 Å². The molecule has 0 heterocycles. The maximum atomic E-state index is 13.5. The van der Waals surface area contributed by atoms with E-state index in [9.17, 15) is 4.39 Å². The van der Waals surface area contributed by atoms with Gasteiger partial charge in [0.2, 0.25) is 0 Å². The van der Waals surface area contributed by atoms with Gasteiger partial charge in [-0.05, 0) is 31.2 Å². The summed E-state index contributed by atoms with van der Waals surface area (Å²) >= 11 is 1.54. The van der Waals surface area contributed by atoms with E-state index in [4.69, 9.17) is 5.73 Å². The molecule has 0 aliphatic heterocycles. The van der Waals surface area contributed by atoms with Crippen molar-refractivity contribution in [1.82, 2.24) is 0 Å². The number of hydrogen-bond acceptors (Lipinski definition) is 2. The van der Waals surface area contributed by atoms with Crippen LogP contribution in [0, 0.1) is 12.7 Å². The summed E-state index contributed by atoms with van der Waals surface area (Å²) < 4.78 is 13.5. The Kier molecular flexibility index (Phi) is 3.82. The monoisotopic (exact) mass is 247 g/mol. The van der Waals surface area contributed by atoms with Crippen LogP contribution >= 0.6 is 11.8 Å². The van der Waals surface area contributed by atoms with E-state index >= 15 is 0 Å². The summed E-state index contributed by atoms with van der Waals surface area (Å²) in [5, 5.41) is 0. The second kappa shape index (κ2) is 5.34. The van der Waals surface area contributed by atoms with Gasteiger partial charge in [0.25, 0.3) is 0 Å². The highest BCUT2D eigenvalue weighted by Gasteiger charge is 2.07. The Bertz CT molecular complexity index is 508. The van der Waals surface area contributed by atoms with Crippen LogP contribution in [0.25, 0.3) is 0 Å². The van der Waals surface area contributed by atoms with Gasteiger partial charge in [0, 0.05) is 21.9 Å². The molecule has 2 aromatic carbocycles. The van der Waals surface area contributed by atoms with Gasteiger partial charge in [-0.2, -0.15) is 0 Å². The molecule has 0 saturated heterocycles. The summed E-state index contributed by atoms with van der Waals surface area (Å²) in [6.07, 6.45) is 0. The van der Waals surface area contributed by atoms with Crippen molar-refractivity contribution in [3.05, 3.63) is 59.4 Å². The Hall–Kier alpha value is -1.32. The van der Waals surface area contributed by atoms with Crippen LogP contribution in [0.5, 0.6) is 0 Å². The summed E-state index contributed by atoms with van der Waals surface area (Å²) in [6.45, 7) is 2.27. The third kappa shape index (κ3) is 2.87. The van der Waals surface area contributed by atoms with Crippen LogP contribution in [0.15, 0.2) is 52.3 Å². The molecule has 0 unspecified atom stereocenters. The lowest BCUT2D eigenvalue weighted by molar-refractivity contribution is 0.604. The predicted octanol–water partition coefficient (Wildman–Crippen LogP) is 3.74. The van der Waals surface area contributed by atoms with Gasteiger partial charge < -0.3 is 5.73 Å². The maximum Gasteiger partial charge on any atom is 0.128 e. The molecule has 2 N–H and O–H groups in total. The molecule has 0 amide bonds. The Morgan fingerprint density at radius 1 is 1.12 bits per heavy atom. The first-order valence-corrected chi connectivity index (χ1v) is 6.24. The highest BCUT2D eigenvalue weighted by molar-refractivity contribution is 7.99. The largest absolute Gasteiger partial charge is 0.326 e. The Morgan fingerprint density at radius 2 is 1.82 bits per heavy atom. The fraction of sp³-hybridized carbons (Fsp3) is 0.143. The van der Waals surface area contributed by atoms with Crippen molar-refractivity contribution in [2.45, 2.75) is 23.3 Å². The fourth-order valence-electron chi connectivity index (χ4n) is 1.57. The van der Waals surface area contributed by atoms with Crippen LogP contribution in [-0.4, -0.2) is 0 Å². The van der Waals surface area contributed by atoms with Gasteiger partial charge >= 0.3 is 0 Å². The average Bonchev–Trinajstić information content (AvgIpc) is 2.32. The molecule has 2 aromatic rings. The third-order valence-corrected chi connectivity index (χ3v) is 3.64. The summed E-state index contributed by atoms with van der Waals surface area (Å²) in [6, 6.07) is 13.2. The molecule has 0 aromatic heterocycles. The molecular weight excluding hydrogens is 233 g/mol. The van der Waals surface area contributed by atoms with Crippen LogP contribution in [0.4, 0.5) is 4.39 Å². The van der Waals surface area contributed by atoms with Gasteiger partial charge in [-0.15, -0.1) is 0 Å². The zero-order chi connectivity index (χ0) is 12.3. The smallest absolute Gasteiger partial charge is 0.128 e. The van der Waals surface area contributed by atoms with Gasteiger partial charge in [-0.3, -0.25) is 0 Å². The van der Waals surface area contributed by atoms with Gasteiger partial charge in [0.15, 0.2) is 0 Å². The lowest BCUT2D eigenvalue weighted by Crippen LogP contribution is -2.01. The van der Waals surface area contributed by atoms with E-state index in [-0.39, 0.29) is 12.4 Å². The lowest BCUT2D eigenvalue weighted by Gasteiger charge is -2.08. The summed E-state index contributed by atoms with van der Waals surface area (Å²) in [4.78, 5) is 1.98. The van der Waals surface area contributed by atoms with Crippen molar-refractivity contribution in [2.75, 3.05) is 0 Å². The first-order chi connectivity index (χ1) is 8.20. The molecule has 0 aliphatic rings. The first kappa shape index (κ1) is 12.1. The quantitative estimate of drug-likeness (QED) is 0.894. The molecule has 17 heavy (non-hydrogen) atoms. The summed E-state index contributed by atoms with van der Waals surface area (Å²) in [7, 11) is 0. The van der Waals surface area contributed by atoms with Crippen LogP contribution in [0.2, 0.25) is 0 Å². The SMILES string of the molecule is Cc1ccc(Sc2cccc(F)c2CN)cc1. The van der Waals surface area contributed by atoms with E-state index in [1.54, 1.807) is 17.8 Å². The van der Waals surface area contributed by atoms with Crippen molar-refractivity contribution < 1.29 is 4.39 Å². The maximum absolute atomic E-state index is 13.5. The number of aryl methyl sites for hydroxylation is 1. The molecule has 0 aliphatic carbocycles. The molecule has 0 radical (unpaired) electrons. The molecule has 0 spiro atoms. The van der Waals surface area contributed by atoms with Crippen LogP contribution in [0.3, 0.4) is 0 Å². The zero-order valence-corrected chi connectivity index (χ0v) is 10.4. The summed E-state index contributed by atoms with van der Waals surface area (Å²) in [5.41, 5.74) is 7.37. The molecule has 0 bridgehead atoms. The van der Waals surface area contributed by atoms with Crippen molar-refractivity contribution >= 4 is 11.8 Å². The highest BCUT2D eigenvalue weighted by atomic mass is 32.2. The Morgan fingerprint density at radius 3 is 2.47 bits per heavy atom. The van der Waals surface area contributed by atoms with Gasteiger partial charge in [-0.25, -0.2) is 4.39 Å². The van der Waals surface area contributed by atoms with E-state index in [2.05, 4.69) is 0 Å². The van der Waals surface area contributed by atoms with Gasteiger partial charge in [-0.1, -0.05) is 35.5 Å². The first-order valence-electron chi connectivity index (χ1n) is 5.42. The van der Waals surface area contributed by atoms with Gasteiger partial charge in [0.05, 0.1) is 0 Å². The minimum atomic E-state index is -0.232. The molecule has 88 valence electrons. The van der Waals surface area contributed by atoms with Crippen molar-refractivity contribution in [3.8, 4) is 0 Å². The molecular formula is C14H14FNS. The zero-order valence-electron chi connectivity index (χ0n) is 9.61. The minimum Gasteiger partial charge on any atom is -0.326 e. The molecule has 3 heteroatoms. The van der Waals surface area contributed by atoms with Crippen molar-refractivity contribution in [1.29, 1.82) is 0 Å². The molecule has 0 atom stereocenters. The second-order valence-corrected chi connectivity index (χ2v) is 4.95. The fourth-order valence-corrected chi connectivity index (χ4v) is 2.54. The lowest BCUT2D eigenvalue weighted by atomic mass is 10.2. The number of halogens is 1. The van der Waals surface area contributed by atoms with E-state index in [1.807, 2.05) is 37.3 Å². The summed E-state index contributed by atoms with van der Waals surface area (Å²) in [5.74, 6) is -0.232. The van der Waals surface area contributed by atoms with E-state index in [0.29, 0.717) is 5.56 Å². The van der Waals surface area contributed by atoms with E-state index in [1.165, 1.54) is 11.6 Å². The standard InChI is InChI=1S/C14H14FNS/c1-10-5-7-11(8-6-10)17-14-4-2-3-13(15)12(14)9-16/h2-8H,9,16H2,1H3. The Labute approximate surface area is 105 Å². The molecule has 0 saturated carbocycles.